The van der Waals surface area contributed by atoms with Crippen molar-refractivity contribution >= 4 is 17.3 Å². The van der Waals surface area contributed by atoms with Gasteiger partial charge in [0.25, 0.3) is 5.69 Å². The maximum Gasteiger partial charge on any atom is 0.269 e. The van der Waals surface area contributed by atoms with Gasteiger partial charge < -0.3 is 0 Å². The van der Waals surface area contributed by atoms with E-state index in [0.717, 1.165) is 11.1 Å². The van der Waals surface area contributed by atoms with E-state index in [0.29, 0.717) is 5.57 Å². The number of non-ortho nitro benzene ring substituents is 1. The molecule has 0 heterocycles. The van der Waals surface area contributed by atoms with Gasteiger partial charge in [-0.2, -0.15) is 5.26 Å². The first-order valence-electron chi connectivity index (χ1n) is 6.29. The highest BCUT2D eigenvalue weighted by Gasteiger charge is 2.02. The summed E-state index contributed by atoms with van der Waals surface area (Å²) < 4.78 is 0. The topological polar surface area (TPSA) is 66.9 Å². The minimum atomic E-state index is -0.434. The van der Waals surface area contributed by atoms with E-state index in [1.165, 1.54) is 12.1 Å². The molecule has 0 radical (unpaired) electrons. The molecule has 4 nitrogen and oxygen atoms in total. The minimum Gasteiger partial charge on any atom is -0.258 e. The van der Waals surface area contributed by atoms with Crippen LogP contribution < -0.4 is 0 Å². The van der Waals surface area contributed by atoms with Crippen LogP contribution in [0.1, 0.15) is 11.1 Å². The van der Waals surface area contributed by atoms with Crippen molar-refractivity contribution in [2.75, 3.05) is 0 Å². The minimum absolute atomic E-state index is 0.0599. The fourth-order valence-corrected chi connectivity index (χ4v) is 1.78. The van der Waals surface area contributed by atoms with Crippen molar-refractivity contribution in [1.82, 2.24) is 0 Å². The van der Waals surface area contributed by atoms with Crippen molar-refractivity contribution in [3.63, 3.8) is 0 Å². The number of nitro groups is 1. The van der Waals surface area contributed by atoms with Gasteiger partial charge in [-0.3, -0.25) is 10.1 Å². The first-order valence-corrected chi connectivity index (χ1v) is 6.29. The van der Waals surface area contributed by atoms with Crippen molar-refractivity contribution in [3.8, 4) is 6.07 Å². The number of hydrogen-bond acceptors (Lipinski definition) is 3. The number of allylic oxidation sites excluding steroid dienone is 3. The smallest absolute Gasteiger partial charge is 0.258 e. The molecule has 0 N–H and O–H groups in total. The molecule has 0 spiro atoms. The zero-order valence-electron chi connectivity index (χ0n) is 11.1. The molecular weight excluding hydrogens is 264 g/mol. The Bertz CT molecular complexity index is 724. The Hall–Kier alpha value is -3.19. The molecule has 2 rings (SSSR count). The first kappa shape index (κ1) is 14.2. The average Bonchev–Trinajstić information content (AvgIpc) is 2.53. The van der Waals surface area contributed by atoms with Crippen LogP contribution in [-0.4, -0.2) is 4.92 Å². The zero-order valence-corrected chi connectivity index (χ0v) is 11.1. The summed E-state index contributed by atoms with van der Waals surface area (Å²) in [6.07, 6.45) is 5.27. The highest BCUT2D eigenvalue weighted by Crippen LogP contribution is 2.15. The molecule has 0 fully saturated rings. The second-order valence-electron chi connectivity index (χ2n) is 4.27. The summed E-state index contributed by atoms with van der Waals surface area (Å²) in [6.45, 7) is 0. The Morgan fingerprint density at radius 3 is 2.33 bits per heavy atom. The van der Waals surface area contributed by atoms with E-state index in [1.54, 1.807) is 30.4 Å². The lowest BCUT2D eigenvalue weighted by atomic mass is 10.1. The molecule has 0 atom stereocenters. The molecular formula is C17H12N2O2. The third kappa shape index (κ3) is 3.88. The van der Waals surface area contributed by atoms with E-state index in [4.69, 9.17) is 5.26 Å². The van der Waals surface area contributed by atoms with E-state index >= 15 is 0 Å². The third-order valence-corrected chi connectivity index (χ3v) is 2.86. The molecule has 0 amide bonds. The van der Waals surface area contributed by atoms with Gasteiger partial charge in [-0.1, -0.05) is 42.5 Å². The van der Waals surface area contributed by atoms with Crippen LogP contribution in [0.2, 0.25) is 0 Å². The molecule has 0 saturated carbocycles. The Morgan fingerprint density at radius 1 is 1.10 bits per heavy atom. The fourth-order valence-electron chi connectivity index (χ4n) is 1.78. The van der Waals surface area contributed by atoms with Crippen LogP contribution in [0.25, 0.3) is 11.6 Å². The van der Waals surface area contributed by atoms with E-state index in [-0.39, 0.29) is 5.69 Å². The molecule has 0 aliphatic heterocycles. The van der Waals surface area contributed by atoms with Gasteiger partial charge in [0, 0.05) is 12.1 Å². The Morgan fingerprint density at radius 2 is 1.76 bits per heavy atom. The van der Waals surface area contributed by atoms with Crippen molar-refractivity contribution in [2.24, 2.45) is 0 Å². The summed E-state index contributed by atoms with van der Waals surface area (Å²) in [5, 5.41) is 19.7. The number of nitro benzene ring substituents is 1. The van der Waals surface area contributed by atoms with E-state index < -0.39 is 4.92 Å². The second-order valence-corrected chi connectivity index (χ2v) is 4.27. The fraction of sp³-hybridized carbons (Fsp3) is 0. The number of hydrogen-bond donors (Lipinski definition) is 0. The summed E-state index contributed by atoms with van der Waals surface area (Å²) >= 11 is 0. The third-order valence-electron chi connectivity index (χ3n) is 2.86. The van der Waals surface area contributed by atoms with Gasteiger partial charge in [0.2, 0.25) is 0 Å². The van der Waals surface area contributed by atoms with E-state index in [2.05, 4.69) is 6.07 Å². The highest BCUT2D eigenvalue weighted by atomic mass is 16.6. The number of nitriles is 1. The second kappa shape index (κ2) is 6.83. The first-order chi connectivity index (χ1) is 10.2. The lowest BCUT2D eigenvalue weighted by Gasteiger charge is -1.96. The standard InChI is InChI=1S/C17H12N2O2/c18-13-16(15-6-2-1-3-7-15)8-4-5-14-9-11-17(12-10-14)19(20)21/h1-12H/b5-4+,16-8+. The van der Waals surface area contributed by atoms with Crippen molar-refractivity contribution in [3.05, 3.63) is 88.0 Å². The molecule has 2 aromatic rings. The zero-order chi connectivity index (χ0) is 15.1. The molecule has 21 heavy (non-hydrogen) atoms. The Balaban J connectivity index is 2.15. The summed E-state index contributed by atoms with van der Waals surface area (Å²) in [5.74, 6) is 0. The van der Waals surface area contributed by atoms with Crippen LogP contribution in [0.3, 0.4) is 0 Å². The molecule has 0 unspecified atom stereocenters. The van der Waals surface area contributed by atoms with Gasteiger partial charge in [0.15, 0.2) is 0 Å². The molecule has 2 aromatic carbocycles. The lowest BCUT2D eigenvalue weighted by molar-refractivity contribution is -0.384. The predicted molar refractivity (Wildman–Crippen MR) is 82.2 cm³/mol. The summed E-state index contributed by atoms with van der Waals surface area (Å²) in [4.78, 5) is 10.1. The highest BCUT2D eigenvalue weighted by molar-refractivity contribution is 5.78. The SMILES string of the molecule is N#C/C(=C\C=C\c1ccc([N+](=O)[O-])cc1)c1ccccc1. The summed E-state index contributed by atoms with van der Waals surface area (Å²) in [6, 6.07) is 17.8. The molecule has 0 aliphatic carbocycles. The predicted octanol–water partition coefficient (Wildman–Crippen LogP) is 4.22. The number of rotatable bonds is 4. The van der Waals surface area contributed by atoms with Crippen molar-refractivity contribution in [1.29, 1.82) is 5.26 Å². The van der Waals surface area contributed by atoms with Crippen LogP contribution in [-0.2, 0) is 0 Å². The molecule has 4 heteroatoms. The molecule has 102 valence electrons. The van der Waals surface area contributed by atoms with Gasteiger partial charge in [-0.05, 0) is 29.3 Å². The van der Waals surface area contributed by atoms with E-state index in [1.807, 2.05) is 30.3 Å². The quantitative estimate of drug-likeness (QED) is 0.363. The molecule has 0 aromatic heterocycles. The van der Waals surface area contributed by atoms with Crippen LogP contribution >= 0.6 is 0 Å². The molecule has 0 aliphatic rings. The van der Waals surface area contributed by atoms with Gasteiger partial charge in [-0.15, -0.1) is 0 Å². The largest absolute Gasteiger partial charge is 0.269 e. The van der Waals surface area contributed by atoms with Crippen LogP contribution in [0.5, 0.6) is 0 Å². The maximum atomic E-state index is 10.6. The average molecular weight is 276 g/mol. The van der Waals surface area contributed by atoms with E-state index in [9.17, 15) is 10.1 Å². The maximum absolute atomic E-state index is 10.6. The number of benzene rings is 2. The van der Waals surface area contributed by atoms with Gasteiger partial charge in [0.05, 0.1) is 16.6 Å². The normalized spacial score (nSPS) is 11.3. The number of nitrogens with zero attached hydrogens (tertiary/aromatic N) is 2. The van der Waals surface area contributed by atoms with Crippen molar-refractivity contribution < 1.29 is 4.92 Å². The van der Waals surface area contributed by atoms with Crippen molar-refractivity contribution in [2.45, 2.75) is 0 Å². The lowest BCUT2D eigenvalue weighted by Crippen LogP contribution is -1.86. The van der Waals surface area contributed by atoms with Gasteiger partial charge >= 0.3 is 0 Å². The van der Waals surface area contributed by atoms with Gasteiger partial charge in [-0.25, -0.2) is 0 Å². The Kier molecular flexibility index (Phi) is 4.62. The Labute approximate surface area is 122 Å². The van der Waals surface area contributed by atoms with Crippen LogP contribution in [0.15, 0.2) is 66.7 Å². The van der Waals surface area contributed by atoms with Gasteiger partial charge in [0.1, 0.15) is 0 Å². The van der Waals surface area contributed by atoms with Crippen LogP contribution in [0, 0.1) is 21.4 Å². The summed E-state index contributed by atoms with van der Waals surface area (Å²) in [7, 11) is 0. The molecule has 0 bridgehead atoms. The van der Waals surface area contributed by atoms with Crippen LogP contribution in [0.4, 0.5) is 5.69 Å². The summed E-state index contributed by atoms with van der Waals surface area (Å²) in [5.41, 5.74) is 2.31. The molecule has 0 saturated heterocycles. The monoisotopic (exact) mass is 276 g/mol.